The first-order valence-corrected chi connectivity index (χ1v) is 11.5. The molecule has 182 valence electrons. The topological polar surface area (TPSA) is 67.8 Å². The molecule has 5 nitrogen and oxygen atoms in total. The number of halogens is 1. The molecule has 0 aliphatic carbocycles. The summed E-state index contributed by atoms with van der Waals surface area (Å²) in [5.41, 5.74) is 2.07. The Kier molecular flexibility index (Phi) is 6.68. The van der Waals surface area contributed by atoms with Crippen LogP contribution in [0, 0.1) is 5.82 Å². The van der Waals surface area contributed by atoms with Crippen molar-refractivity contribution in [3.05, 3.63) is 101 Å². The van der Waals surface area contributed by atoms with Crippen LogP contribution in [0.25, 0.3) is 5.57 Å². The summed E-state index contributed by atoms with van der Waals surface area (Å²) in [5, 5.41) is 15.4. The van der Waals surface area contributed by atoms with Gasteiger partial charge in [-0.1, -0.05) is 50.8 Å². The first kappa shape index (κ1) is 24.5. The molecule has 0 radical (unpaired) electrons. The van der Waals surface area contributed by atoms with Crippen LogP contribution >= 0.6 is 0 Å². The zero-order chi connectivity index (χ0) is 25.2. The summed E-state index contributed by atoms with van der Waals surface area (Å²) >= 11 is 0. The fourth-order valence-corrected chi connectivity index (χ4v) is 4.71. The minimum atomic E-state index is -1.40. The molecule has 0 amide bonds. The highest BCUT2D eigenvalue weighted by Crippen LogP contribution is 2.42. The second-order valence-electron chi connectivity index (χ2n) is 9.58. The van der Waals surface area contributed by atoms with Gasteiger partial charge in [0.25, 0.3) is 0 Å². The van der Waals surface area contributed by atoms with Crippen LogP contribution in [0.3, 0.4) is 0 Å². The number of ether oxygens (including phenoxy) is 2. The van der Waals surface area contributed by atoms with Crippen molar-refractivity contribution in [3.8, 4) is 5.75 Å². The van der Waals surface area contributed by atoms with Gasteiger partial charge in [0.15, 0.2) is 0 Å². The number of carbonyl (C=O) groups excluding carboxylic acids is 1. The molecule has 1 aliphatic rings. The highest BCUT2D eigenvalue weighted by atomic mass is 19.1. The number of carbonyl (C=O) groups is 1. The molecule has 0 saturated carbocycles. The average molecular weight is 476 g/mol. The summed E-state index contributed by atoms with van der Waals surface area (Å²) < 4.78 is 24.8. The van der Waals surface area contributed by atoms with E-state index in [9.17, 15) is 14.3 Å². The molecule has 4 rings (SSSR count). The monoisotopic (exact) mass is 475 g/mol. The van der Waals surface area contributed by atoms with Crippen molar-refractivity contribution in [2.75, 3.05) is 19.0 Å². The SMILES string of the molecule is C=C(c1ccccc1)C(O)(CNc1ccc2c(c1)COC2=O)CC(C)(C)c1cc(F)ccc1OC. The molecule has 2 N–H and O–H groups in total. The molecule has 0 spiro atoms. The molecule has 1 unspecified atom stereocenters. The third-order valence-corrected chi connectivity index (χ3v) is 6.58. The Hall–Kier alpha value is -3.64. The molecule has 35 heavy (non-hydrogen) atoms. The molecule has 0 aromatic heterocycles. The molecule has 3 aromatic rings. The van der Waals surface area contributed by atoms with Crippen LogP contribution in [0.1, 0.15) is 47.3 Å². The van der Waals surface area contributed by atoms with Gasteiger partial charge in [-0.25, -0.2) is 9.18 Å². The van der Waals surface area contributed by atoms with Gasteiger partial charge in [0.05, 0.1) is 12.7 Å². The number of aliphatic hydroxyl groups is 1. The number of benzene rings is 3. The van der Waals surface area contributed by atoms with Crippen molar-refractivity contribution in [1.82, 2.24) is 0 Å². The van der Waals surface area contributed by atoms with Crippen LogP contribution in [0.15, 0.2) is 73.3 Å². The van der Waals surface area contributed by atoms with Gasteiger partial charge in [-0.05, 0) is 59.4 Å². The number of cyclic esters (lactones) is 1. The van der Waals surface area contributed by atoms with Crippen molar-refractivity contribution in [2.24, 2.45) is 0 Å². The number of methoxy groups -OCH3 is 1. The molecule has 0 bridgehead atoms. The number of hydrogen-bond donors (Lipinski definition) is 2. The second kappa shape index (κ2) is 9.55. The van der Waals surface area contributed by atoms with Crippen LogP contribution < -0.4 is 10.1 Å². The fraction of sp³-hybridized carbons (Fsp3) is 0.276. The zero-order valence-corrected chi connectivity index (χ0v) is 20.2. The Morgan fingerprint density at radius 3 is 2.60 bits per heavy atom. The number of anilines is 1. The number of esters is 1. The zero-order valence-electron chi connectivity index (χ0n) is 20.2. The molecule has 3 aromatic carbocycles. The van der Waals surface area contributed by atoms with Gasteiger partial charge < -0.3 is 19.9 Å². The van der Waals surface area contributed by atoms with Gasteiger partial charge >= 0.3 is 5.97 Å². The normalized spacial score (nSPS) is 14.6. The van der Waals surface area contributed by atoms with Crippen molar-refractivity contribution < 1.29 is 23.8 Å². The van der Waals surface area contributed by atoms with Gasteiger partial charge in [-0.2, -0.15) is 0 Å². The maximum absolute atomic E-state index is 14.2. The summed E-state index contributed by atoms with van der Waals surface area (Å²) in [6, 6.07) is 19.3. The van der Waals surface area contributed by atoms with Gasteiger partial charge in [-0.15, -0.1) is 0 Å². The Bertz CT molecular complexity index is 1250. The Balaban J connectivity index is 1.66. The van der Waals surface area contributed by atoms with E-state index in [0.29, 0.717) is 22.4 Å². The predicted octanol–water partition coefficient (Wildman–Crippen LogP) is 5.73. The Morgan fingerprint density at radius 1 is 1.14 bits per heavy atom. The van der Waals surface area contributed by atoms with E-state index in [1.807, 2.05) is 50.2 Å². The average Bonchev–Trinajstić information content (AvgIpc) is 3.22. The van der Waals surface area contributed by atoms with E-state index in [1.165, 1.54) is 12.1 Å². The van der Waals surface area contributed by atoms with E-state index < -0.39 is 11.0 Å². The van der Waals surface area contributed by atoms with Crippen molar-refractivity contribution in [3.63, 3.8) is 0 Å². The molecule has 1 atom stereocenters. The van der Waals surface area contributed by atoms with Crippen LogP contribution in [0.4, 0.5) is 10.1 Å². The Labute approximate surface area is 205 Å². The molecular weight excluding hydrogens is 445 g/mol. The molecule has 6 heteroatoms. The summed E-state index contributed by atoms with van der Waals surface area (Å²) in [6.45, 7) is 8.54. The number of hydrogen-bond acceptors (Lipinski definition) is 5. The molecule has 0 fully saturated rings. The van der Waals surface area contributed by atoms with E-state index in [2.05, 4.69) is 11.9 Å². The highest BCUT2D eigenvalue weighted by molar-refractivity contribution is 5.93. The third kappa shape index (κ3) is 5.08. The third-order valence-electron chi connectivity index (χ3n) is 6.58. The summed E-state index contributed by atoms with van der Waals surface area (Å²) in [7, 11) is 1.55. The summed E-state index contributed by atoms with van der Waals surface area (Å²) in [6.07, 6.45) is 0.243. The van der Waals surface area contributed by atoms with Gasteiger partial charge in [0, 0.05) is 23.4 Å². The lowest BCUT2D eigenvalue weighted by molar-refractivity contribution is 0.0535. The van der Waals surface area contributed by atoms with Gasteiger partial charge in [0.1, 0.15) is 23.8 Å². The highest BCUT2D eigenvalue weighted by Gasteiger charge is 2.39. The largest absolute Gasteiger partial charge is 0.496 e. The van der Waals surface area contributed by atoms with Crippen molar-refractivity contribution >= 4 is 17.2 Å². The minimum absolute atomic E-state index is 0.148. The molecular formula is C29H30FNO4. The maximum Gasteiger partial charge on any atom is 0.338 e. The van der Waals surface area contributed by atoms with Crippen LogP contribution in [0.2, 0.25) is 0 Å². The fourth-order valence-electron chi connectivity index (χ4n) is 4.71. The quantitative estimate of drug-likeness (QED) is 0.387. The lowest BCUT2D eigenvalue weighted by atomic mass is 9.71. The van der Waals surface area contributed by atoms with E-state index in [-0.39, 0.29) is 31.4 Å². The van der Waals surface area contributed by atoms with E-state index >= 15 is 0 Å². The molecule has 1 heterocycles. The van der Waals surface area contributed by atoms with Gasteiger partial charge in [-0.3, -0.25) is 0 Å². The molecule has 0 saturated heterocycles. The standard InChI is InChI=1S/C29H30FNO4/c1-19(20-8-6-5-7-9-20)29(33,17-28(2,3)25-15-22(30)10-13-26(25)34-4)18-31-23-11-12-24-21(14-23)16-35-27(24)32/h5-15,31,33H,1,16-18H2,2-4H3. The van der Waals surface area contributed by atoms with E-state index in [0.717, 1.165) is 16.8 Å². The number of fused-ring (bicyclic) bond motifs is 1. The predicted molar refractivity (Wildman–Crippen MR) is 135 cm³/mol. The van der Waals surface area contributed by atoms with Gasteiger partial charge in [0.2, 0.25) is 0 Å². The van der Waals surface area contributed by atoms with Crippen LogP contribution in [-0.4, -0.2) is 30.3 Å². The van der Waals surface area contributed by atoms with Crippen molar-refractivity contribution in [2.45, 2.75) is 37.9 Å². The number of rotatable bonds is 9. The summed E-state index contributed by atoms with van der Waals surface area (Å²) in [5.74, 6) is -0.140. The number of nitrogens with one attached hydrogen (secondary N) is 1. The lowest BCUT2D eigenvalue weighted by Crippen LogP contribution is -2.43. The smallest absolute Gasteiger partial charge is 0.338 e. The first-order chi connectivity index (χ1) is 16.6. The van der Waals surface area contributed by atoms with E-state index in [1.54, 1.807) is 25.3 Å². The Morgan fingerprint density at radius 2 is 1.89 bits per heavy atom. The summed E-state index contributed by atoms with van der Waals surface area (Å²) in [4.78, 5) is 11.8. The maximum atomic E-state index is 14.2. The van der Waals surface area contributed by atoms with Crippen LogP contribution in [-0.2, 0) is 16.8 Å². The minimum Gasteiger partial charge on any atom is -0.496 e. The van der Waals surface area contributed by atoms with Crippen LogP contribution in [0.5, 0.6) is 5.75 Å². The van der Waals surface area contributed by atoms with Crippen molar-refractivity contribution in [1.29, 1.82) is 0 Å². The van der Waals surface area contributed by atoms with E-state index in [4.69, 9.17) is 9.47 Å². The second-order valence-corrected chi connectivity index (χ2v) is 9.58. The first-order valence-electron chi connectivity index (χ1n) is 11.5. The molecule has 1 aliphatic heterocycles. The lowest BCUT2D eigenvalue weighted by Gasteiger charge is -2.39.